The monoisotopic (exact) mass is 472 g/mol. The molecule has 0 aliphatic rings. The second-order valence-corrected chi connectivity index (χ2v) is 8.69. The van der Waals surface area contributed by atoms with Crippen LogP contribution in [0.1, 0.15) is 17.0 Å². The maximum absolute atomic E-state index is 13.5. The van der Waals surface area contributed by atoms with Crippen LogP contribution in [0, 0.1) is 12.7 Å². The van der Waals surface area contributed by atoms with Crippen LogP contribution >= 0.6 is 11.3 Å². The normalized spacial score (nSPS) is 11.0. The van der Waals surface area contributed by atoms with E-state index in [0.29, 0.717) is 23.0 Å². The van der Waals surface area contributed by atoms with Gasteiger partial charge >= 0.3 is 0 Å². The molecule has 0 atom stereocenters. The van der Waals surface area contributed by atoms with Crippen LogP contribution in [0.15, 0.2) is 82.7 Å². The number of hydrogen-bond donors (Lipinski definition) is 1. The second kappa shape index (κ2) is 9.44. The molecule has 0 saturated heterocycles. The summed E-state index contributed by atoms with van der Waals surface area (Å²) in [5.74, 6) is 0.665. The molecule has 0 aliphatic carbocycles. The average molecular weight is 473 g/mol. The third-order valence-corrected chi connectivity index (χ3v) is 6.21. The van der Waals surface area contributed by atoms with E-state index in [0.717, 1.165) is 21.7 Å². The Labute approximate surface area is 199 Å². The van der Waals surface area contributed by atoms with E-state index in [1.165, 1.54) is 23.5 Å². The molecule has 3 heterocycles. The van der Waals surface area contributed by atoms with Crippen molar-refractivity contribution in [3.63, 3.8) is 0 Å². The zero-order valence-corrected chi connectivity index (χ0v) is 19.2. The minimum absolute atomic E-state index is 0.111. The lowest BCUT2D eigenvalue weighted by Gasteiger charge is -2.05. The standard InChI is InChI=1S/C26H21FN4O2S/c1-17-22(29-26(33-17)23-8-5-13-34-23)14-24(32)28-15-19-16-31(21-6-3-2-4-7-21)30-25(19)18-9-11-20(27)12-10-18/h2-13,16H,14-15H2,1H3,(H,28,32). The second-order valence-electron chi connectivity index (χ2n) is 7.74. The molecule has 0 aliphatic heterocycles. The molecule has 5 aromatic rings. The number of benzene rings is 2. The van der Waals surface area contributed by atoms with Crippen molar-refractivity contribution in [1.82, 2.24) is 20.1 Å². The van der Waals surface area contributed by atoms with Crippen LogP contribution in [0.5, 0.6) is 0 Å². The minimum Gasteiger partial charge on any atom is -0.440 e. The number of oxazole rings is 1. The summed E-state index contributed by atoms with van der Waals surface area (Å²) in [6, 6.07) is 19.7. The van der Waals surface area contributed by atoms with Gasteiger partial charge in [-0.1, -0.05) is 24.3 Å². The van der Waals surface area contributed by atoms with Crippen LogP contribution < -0.4 is 5.32 Å². The molecule has 6 nitrogen and oxygen atoms in total. The first-order valence-electron chi connectivity index (χ1n) is 10.7. The molecule has 0 unspecified atom stereocenters. The van der Waals surface area contributed by atoms with Gasteiger partial charge in [0.05, 0.1) is 28.4 Å². The highest BCUT2D eigenvalue weighted by atomic mass is 32.1. The van der Waals surface area contributed by atoms with Gasteiger partial charge in [0.1, 0.15) is 11.6 Å². The molecule has 0 fully saturated rings. The molecule has 0 bridgehead atoms. The number of amides is 1. The number of halogens is 1. The van der Waals surface area contributed by atoms with Gasteiger partial charge in [0.15, 0.2) is 0 Å². The fourth-order valence-electron chi connectivity index (χ4n) is 3.61. The van der Waals surface area contributed by atoms with Crippen LogP contribution in [-0.4, -0.2) is 20.7 Å². The van der Waals surface area contributed by atoms with Crippen LogP contribution in [0.2, 0.25) is 0 Å². The number of thiophene rings is 1. The summed E-state index contributed by atoms with van der Waals surface area (Å²) in [6.07, 6.45) is 1.99. The minimum atomic E-state index is -0.314. The van der Waals surface area contributed by atoms with E-state index >= 15 is 0 Å². The fourth-order valence-corrected chi connectivity index (χ4v) is 4.26. The van der Waals surface area contributed by atoms with E-state index in [4.69, 9.17) is 9.52 Å². The van der Waals surface area contributed by atoms with Crippen LogP contribution in [0.3, 0.4) is 0 Å². The SMILES string of the molecule is Cc1oc(-c2cccs2)nc1CC(=O)NCc1cn(-c2ccccc2)nc1-c1ccc(F)cc1. The maximum atomic E-state index is 13.5. The topological polar surface area (TPSA) is 73.0 Å². The number of para-hydroxylation sites is 1. The Hall–Kier alpha value is -4.04. The van der Waals surface area contributed by atoms with Gasteiger partial charge in [0, 0.05) is 23.9 Å². The molecule has 8 heteroatoms. The lowest BCUT2D eigenvalue weighted by Crippen LogP contribution is -2.25. The molecule has 3 aromatic heterocycles. The van der Waals surface area contributed by atoms with Crippen LogP contribution in [0.25, 0.3) is 27.7 Å². The Morgan fingerprint density at radius 1 is 1.09 bits per heavy atom. The molecule has 170 valence electrons. The lowest BCUT2D eigenvalue weighted by molar-refractivity contribution is -0.120. The van der Waals surface area contributed by atoms with Crippen molar-refractivity contribution in [2.24, 2.45) is 0 Å². The molecule has 1 amide bonds. The molecular formula is C26H21FN4O2S. The van der Waals surface area contributed by atoms with Crippen molar-refractivity contribution in [3.8, 4) is 27.7 Å². The van der Waals surface area contributed by atoms with Gasteiger partial charge in [-0.25, -0.2) is 14.1 Å². The van der Waals surface area contributed by atoms with Crippen molar-refractivity contribution in [2.45, 2.75) is 19.9 Å². The van der Waals surface area contributed by atoms with Gasteiger partial charge in [-0.3, -0.25) is 4.79 Å². The lowest BCUT2D eigenvalue weighted by atomic mass is 10.1. The maximum Gasteiger partial charge on any atom is 0.236 e. The van der Waals surface area contributed by atoms with Crippen LogP contribution in [-0.2, 0) is 17.8 Å². The number of carbonyl (C=O) groups excluding carboxylic acids is 1. The highest BCUT2D eigenvalue weighted by Gasteiger charge is 2.17. The third-order valence-electron chi connectivity index (χ3n) is 5.36. The Balaban J connectivity index is 1.35. The van der Waals surface area contributed by atoms with Crippen molar-refractivity contribution in [2.75, 3.05) is 0 Å². The molecular weight excluding hydrogens is 451 g/mol. The Morgan fingerprint density at radius 3 is 2.62 bits per heavy atom. The summed E-state index contributed by atoms with van der Waals surface area (Å²) in [4.78, 5) is 18.2. The summed E-state index contributed by atoms with van der Waals surface area (Å²) in [7, 11) is 0. The summed E-state index contributed by atoms with van der Waals surface area (Å²) in [5, 5.41) is 9.62. The van der Waals surface area contributed by atoms with Crippen LogP contribution in [0.4, 0.5) is 4.39 Å². The smallest absolute Gasteiger partial charge is 0.236 e. The van der Waals surface area contributed by atoms with Gasteiger partial charge in [0.25, 0.3) is 0 Å². The number of aromatic nitrogens is 3. The van der Waals surface area contributed by atoms with E-state index in [9.17, 15) is 9.18 Å². The average Bonchev–Trinajstić information content (AvgIpc) is 3.60. The predicted molar refractivity (Wildman–Crippen MR) is 129 cm³/mol. The number of aryl methyl sites for hydroxylation is 1. The van der Waals surface area contributed by atoms with Crippen molar-refractivity contribution in [1.29, 1.82) is 0 Å². The molecule has 1 N–H and O–H groups in total. The Kier molecular flexibility index (Phi) is 6.05. The van der Waals surface area contributed by atoms with E-state index < -0.39 is 0 Å². The summed E-state index contributed by atoms with van der Waals surface area (Å²) < 4.78 is 21.0. The van der Waals surface area contributed by atoms with Crippen molar-refractivity contribution >= 4 is 17.2 Å². The molecule has 0 spiro atoms. The zero-order valence-electron chi connectivity index (χ0n) is 18.4. The Bertz CT molecular complexity index is 1410. The van der Waals surface area contributed by atoms with Gasteiger partial charge < -0.3 is 9.73 Å². The van der Waals surface area contributed by atoms with E-state index in [2.05, 4.69) is 10.3 Å². The van der Waals surface area contributed by atoms with E-state index in [1.54, 1.807) is 16.8 Å². The highest BCUT2D eigenvalue weighted by molar-refractivity contribution is 7.13. The van der Waals surface area contributed by atoms with Gasteiger partial charge in [-0.05, 0) is 54.8 Å². The number of carbonyl (C=O) groups is 1. The van der Waals surface area contributed by atoms with E-state index in [1.807, 2.05) is 61.0 Å². The van der Waals surface area contributed by atoms with Crippen molar-refractivity contribution < 1.29 is 13.6 Å². The fraction of sp³-hybridized carbons (Fsp3) is 0.115. The number of nitrogens with one attached hydrogen (secondary N) is 1. The first kappa shape index (κ1) is 21.8. The summed E-state index contributed by atoms with van der Waals surface area (Å²) in [5.41, 5.74) is 3.78. The predicted octanol–water partition coefficient (Wildman–Crippen LogP) is 5.56. The van der Waals surface area contributed by atoms with E-state index in [-0.39, 0.29) is 24.7 Å². The molecule has 2 aromatic carbocycles. The van der Waals surface area contributed by atoms with Gasteiger partial charge in [-0.2, -0.15) is 5.10 Å². The zero-order chi connectivity index (χ0) is 23.5. The van der Waals surface area contributed by atoms with Gasteiger partial charge in [0.2, 0.25) is 11.8 Å². The summed E-state index contributed by atoms with van der Waals surface area (Å²) in [6.45, 7) is 2.08. The third kappa shape index (κ3) is 4.67. The number of nitrogens with zero attached hydrogens (tertiary/aromatic N) is 3. The Morgan fingerprint density at radius 2 is 1.88 bits per heavy atom. The molecule has 0 saturated carbocycles. The largest absolute Gasteiger partial charge is 0.440 e. The number of rotatable bonds is 7. The summed E-state index contributed by atoms with van der Waals surface area (Å²) >= 11 is 1.54. The first-order chi connectivity index (χ1) is 16.6. The number of hydrogen-bond acceptors (Lipinski definition) is 5. The molecule has 0 radical (unpaired) electrons. The van der Waals surface area contributed by atoms with Crippen molar-refractivity contribution in [3.05, 3.63) is 101 Å². The van der Waals surface area contributed by atoms with Gasteiger partial charge in [-0.15, -0.1) is 11.3 Å². The molecule has 34 heavy (non-hydrogen) atoms. The quantitative estimate of drug-likeness (QED) is 0.337. The highest BCUT2D eigenvalue weighted by Crippen LogP contribution is 2.27. The first-order valence-corrected chi connectivity index (χ1v) is 11.6. The molecule has 5 rings (SSSR count).